The molecule has 1 aliphatic heterocycles. The predicted molar refractivity (Wildman–Crippen MR) is 62.7 cm³/mol. The van der Waals surface area contributed by atoms with Gasteiger partial charge in [0.2, 0.25) is 0 Å². The van der Waals surface area contributed by atoms with Gasteiger partial charge in [-0.1, -0.05) is 11.6 Å². The minimum atomic E-state index is -1.23. The van der Waals surface area contributed by atoms with E-state index in [9.17, 15) is 13.6 Å². The van der Waals surface area contributed by atoms with Crippen molar-refractivity contribution in [2.75, 3.05) is 13.2 Å². The second-order valence-electron chi connectivity index (χ2n) is 4.07. The number of carbonyl (C=O) groups is 1. The van der Waals surface area contributed by atoms with Crippen LogP contribution in [0.4, 0.5) is 8.78 Å². The van der Waals surface area contributed by atoms with Gasteiger partial charge >= 0.3 is 0 Å². The molecular formula is C12H12ClF2NO2. The van der Waals surface area contributed by atoms with E-state index in [1.165, 1.54) is 0 Å². The lowest BCUT2D eigenvalue weighted by Crippen LogP contribution is -2.32. The van der Waals surface area contributed by atoms with Crippen LogP contribution in [0.15, 0.2) is 12.1 Å². The Kier molecular flexibility index (Phi) is 4.14. The molecule has 1 N–H and O–H groups in total. The minimum absolute atomic E-state index is 0.0471. The van der Waals surface area contributed by atoms with Gasteiger partial charge in [0.15, 0.2) is 11.6 Å². The number of nitrogens with one attached hydrogen (secondary N) is 1. The van der Waals surface area contributed by atoms with Crippen LogP contribution >= 0.6 is 11.6 Å². The lowest BCUT2D eigenvalue weighted by molar-refractivity contribution is 0.0853. The molecule has 0 aliphatic carbocycles. The number of hydrogen-bond acceptors (Lipinski definition) is 2. The Labute approximate surface area is 108 Å². The molecule has 18 heavy (non-hydrogen) atoms. The highest BCUT2D eigenvalue weighted by atomic mass is 35.5. The fourth-order valence-corrected chi connectivity index (χ4v) is 1.95. The monoisotopic (exact) mass is 275 g/mol. The van der Waals surface area contributed by atoms with Crippen LogP contribution in [-0.4, -0.2) is 25.2 Å². The molecule has 0 unspecified atom stereocenters. The van der Waals surface area contributed by atoms with Crippen LogP contribution in [0.5, 0.6) is 0 Å². The van der Waals surface area contributed by atoms with Crippen LogP contribution in [0.25, 0.3) is 0 Å². The summed E-state index contributed by atoms with van der Waals surface area (Å²) in [5.41, 5.74) is -0.352. The highest BCUT2D eigenvalue weighted by Crippen LogP contribution is 2.20. The van der Waals surface area contributed by atoms with E-state index in [2.05, 4.69) is 5.32 Å². The van der Waals surface area contributed by atoms with Crippen LogP contribution in [-0.2, 0) is 4.74 Å². The van der Waals surface area contributed by atoms with E-state index in [1.54, 1.807) is 0 Å². The van der Waals surface area contributed by atoms with Crippen LogP contribution in [0.3, 0.4) is 0 Å². The fourth-order valence-electron chi connectivity index (χ4n) is 1.81. The number of carbonyl (C=O) groups excluding carboxylic acids is 1. The molecule has 1 fully saturated rings. The summed E-state index contributed by atoms with van der Waals surface area (Å²) in [4.78, 5) is 11.7. The first-order valence-corrected chi connectivity index (χ1v) is 6.00. The average Bonchev–Trinajstić information content (AvgIpc) is 2.86. The summed E-state index contributed by atoms with van der Waals surface area (Å²) in [5, 5.41) is 2.17. The van der Waals surface area contributed by atoms with Crippen LogP contribution < -0.4 is 5.32 Å². The van der Waals surface area contributed by atoms with Gasteiger partial charge in [0.25, 0.3) is 5.91 Å². The second-order valence-corrected chi connectivity index (χ2v) is 4.48. The first kappa shape index (κ1) is 13.2. The molecule has 0 saturated carbocycles. The first-order valence-electron chi connectivity index (χ1n) is 5.63. The number of hydrogen-bond donors (Lipinski definition) is 1. The first-order chi connectivity index (χ1) is 8.59. The quantitative estimate of drug-likeness (QED) is 0.861. The summed E-state index contributed by atoms with van der Waals surface area (Å²) < 4.78 is 32.0. The van der Waals surface area contributed by atoms with E-state index in [0.717, 1.165) is 25.0 Å². The molecule has 1 aliphatic rings. The summed E-state index contributed by atoms with van der Waals surface area (Å²) >= 11 is 5.40. The number of rotatable bonds is 3. The molecule has 1 aromatic rings. The van der Waals surface area contributed by atoms with E-state index in [1.807, 2.05) is 0 Å². The molecule has 3 nitrogen and oxygen atoms in total. The van der Waals surface area contributed by atoms with E-state index in [4.69, 9.17) is 16.3 Å². The Balaban J connectivity index is 2.02. The van der Waals surface area contributed by atoms with Crippen molar-refractivity contribution in [2.45, 2.75) is 18.9 Å². The molecule has 0 radical (unpaired) electrons. The maximum Gasteiger partial charge on any atom is 0.254 e. The smallest absolute Gasteiger partial charge is 0.254 e. The zero-order valence-electron chi connectivity index (χ0n) is 9.51. The summed E-state index contributed by atoms with van der Waals surface area (Å²) in [6.45, 7) is 0.965. The molecule has 1 saturated heterocycles. The topological polar surface area (TPSA) is 38.3 Å². The molecule has 2 rings (SSSR count). The third-order valence-electron chi connectivity index (χ3n) is 2.79. The standard InChI is InChI=1S/C12H12ClF2NO2/c13-9-4-3-8(10(14)11(9)15)12(17)16-6-7-2-1-5-18-7/h3-4,7H,1-2,5-6H2,(H,16,17)/t7-/m1/s1. The maximum atomic E-state index is 13.5. The van der Waals surface area contributed by atoms with Crippen molar-refractivity contribution in [1.29, 1.82) is 0 Å². The van der Waals surface area contributed by atoms with Crippen molar-refractivity contribution in [3.63, 3.8) is 0 Å². The average molecular weight is 276 g/mol. The van der Waals surface area contributed by atoms with Gasteiger partial charge in [-0.2, -0.15) is 0 Å². The van der Waals surface area contributed by atoms with E-state index >= 15 is 0 Å². The van der Waals surface area contributed by atoms with Crippen LogP contribution in [0.2, 0.25) is 5.02 Å². The number of benzene rings is 1. The van der Waals surface area contributed by atoms with Gasteiger partial charge in [0, 0.05) is 13.2 Å². The number of amides is 1. The van der Waals surface area contributed by atoms with Gasteiger partial charge in [0.05, 0.1) is 16.7 Å². The summed E-state index contributed by atoms with van der Waals surface area (Å²) in [5.74, 6) is -3.10. The van der Waals surface area contributed by atoms with Gasteiger partial charge in [-0.3, -0.25) is 4.79 Å². The highest BCUT2D eigenvalue weighted by Gasteiger charge is 2.20. The van der Waals surface area contributed by atoms with Crippen molar-refractivity contribution in [3.8, 4) is 0 Å². The molecular weight excluding hydrogens is 264 g/mol. The Morgan fingerprint density at radius 2 is 2.22 bits per heavy atom. The Morgan fingerprint density at radius 1 is 1.44 bits per heavy atom. The summed E-state index contributed by atoms with van der Waals surface area (Å²) in [7, 11) is 0. The molecule has 0 bridgehead atoms. The lowest BCUT2D eigenvalue weighted by atomic mass is 10.2. The van der Waals surface area contributed by atoms with E-state index < -0.39 is 17.5 Å². The Bertz CT molecular complexity index is 462. The zero-order chi connectivity index (χ0) is 13.1. The Hall–Kier alpha value is -1.20. The Morgan fingerprint density at radius 3 is 2.89 bits per heavy atom. The maximum absolute atomic E-state index is 13.5. The molecule has 1 heterocycles. The van der Waals surface area contributed by atoms with Crippen LogP contribution in [0.1, 0.15) is 23.2 Å². The SMILES string of the molecule is O=C(NC[C@H]1CCCO1)c1ccc(Cl)c(F)c1F. The zero-order valence-corrected chi connectivity index (χ0v) is 10.3. The minimum Gasteiger partial charge on any atom is -0.376 e. The molecule has 1 aromatic carbocycles. The molecule has 98 valence electrons. The largest absolute Gasteiger partial charge is 0.376 e. The highest BCUT2D eigenvalue weighted by molar-refractivity contribution is 6.30. The molecule has 1 atom stereocenters. The third-order valence-corrected chi connectivity index (χ3v) is 3.09. The molecule has 0 aromatic heterocycles. The summed E-state index contributed by atoms with van der Waals surface area (Å²) in [6.07, 6.45) is 1.76. The lowest BCUT2D eigenvalue weighted by Gasteiger charge is -2.11. The van der Waals surface area contributed by atoms with Crippen molar-refractivity contribution < 1.29 is 18.3 Å². The van der Waals surface area contributed by atoms with Gasteiger partial charge in [-0.05, 0) is 25.0 Å². The molecule has 0 spiro atoms. The molecule has 1 amide bonds. The van der Waals surface area contributed by atoms with E-state index in [0.29, 0.717) is 13.2 Å². The molecule has 6 heteroatoms. The van der Waals surface area contributed by atoms with E-state index in [-0.39, 0.29) is 16.7 Å². The van der Waals surface area contributed by atoms with Gasteiger partial charge < -0.3 is 10.1 Å². The van der Waals surface area contributed by atoms with Crippen molar-refractivity contribution in [2.24, 2.45) is 0 Å². The predicted octanol–water partition coefficient (Wildman–Crippen LogP) is 2.53. The van der Waals surface area contributed by atoms with Gasteiger partial charge in [-0.25, -0.2) is 8.78 Å². The van der Waals surface area contributed by atoms with Crippen LogP contribution in [0, 0.1) is 11.6 Å². The number of ether oxygens (including phenoxy) is 1. The van der Waals surface area contributed by atoms with Crippen molar-refractivity contribution in [3.05, 3.63) is 34.4 Å². The summed E-state index contributed by atoms with van der Waals surface area (Å²) in [6, 6.07) is 2.31. The van der Waals surface area contributed by atoms with Gasteiger partial charge in [0.1, 0.15) is 0 Å². The van der Waals surface area contributed by atoms with Gasteiger partial charge in [-0.15, -0.1) is 0 Å². The van der Waals surface area contributed by atoms with Crippen molar-refractivity contribution in [1.82, 2.24) is 5.32 Å². The normalized spacial score (nSPS) is 18.9. The second kappa shape index (κ2) is 5.63. The number of halogens is 3. The fraction of sp³-hybridized carbons (Fsp3) is 0.417. The third kappa shape index (κ3) is 2.79. The van der Waals surface area contributed by atoms with Crippen molar-refractivity contribution >= 4 is 17.5 Å².